The molecule has 0 aliphatic heterocycles. The summed E-state index contributed by atoms with van der Waals surface area (Å²) in [5.41, 5.74) is 1.12. The van der Waals surface area contributed by atoms with E-state index in [2.05, 4.69) is 40.7 Å². The monoisotopic (exact) mass is 280 g/mol. The van der Waals surface area contributed by atoms with Crippen LogP contribution in [-0.4, -0.2) is 34.1 Å². The van der Waals surface area contributed by atoms with Gasteiger partial charge in [-0.25, -0.2) is 9.97 Å². The van der Waals surface area contributed by atoms with Crippen molar-refractivity contribution in [2.24, 2.45) is 0 Å². The van der Waals surface area contributed by atoms with Crippen LogP contribution in [0.1, 0.15) is 38.2 Å². The highest BCUT2D eigenvalue weighted by Gasteiger charge is 2.22. The minimum Gasteiger partial charge on any atom is -0.370 e. The highest BCUT2D eigenvalue weighted by molar-refractivity contribution is 7.99. The number of aromatic nitrogens is 2. The van der Waals surface area contributed by atoms with E-state index in [4.69, 9.17) is 0 Å². The summed E-state index contributed by atoms with van der Waals surface area (Å²) >= 11 is 1.99. The molecule has 5 heteroatoms. The van der Waals surface area contributed by atoms with Crippen LogP contribution in [-0.2, 0) is 0 Å². The van der Waals surface area contributed by atoms with E-state index in [1.807, 2.05) is 11.8 Å². The molecule has 19 heavy (non-hydrogen) atoms. The van der Waals surface area contributed by atoms with E-state index in [-0.39, 0.29) is 0 Å². The summed E-state index contributed by atoms with van der Waals surface area (Å²) in [6.07, 6.45) is 9.00. The van der Waals surface area contributed by atoms with Gasteiger partial charge in [-0.3, -0.25) is 0 Å². The number of hydrogen-bond acceptors (Lipinski definition) is 5. The number of rotatable bonds is 5. The normalized spacial score (nSPS) is 23.1. The van der Waals surface area contributed by atoms with Crippen molar-refractivity contribution >= 4 is 23.4 Å². The third-order valence-electron chi connectivity index (χ3n) is 3.73. The summed E-state index contributed by atoms with van der Waals surface area (Å²) < 4.78 is 0. The van der Waals surface area contributed by atoms with Crippen LogP contribution in [0.25, 0.3) is 0 Å². The lowest BCUT2D eigenvalue weighted by atomic mass is 9.95. The first-order chi connectivity index (χ1) is 9.24. The van der Waals surface area contributed by atoms with Gasteiger partial charge in [-0.05, 0) is 39.4 Å². The van der Waals surface area contributed by atoms with E-state index in [1.54, 1.807) is 6.33 Å². The maximum absolute atomic E-state index is 4.40. The Bertz CT molecular complexity index is 410. The minimum atomic E-state index is 0.550. The van der Waals surface area contributed by atoms with Crippen LogP contribution in [0.3, 0.4) is 0 Å². The molecule has 1 heterocycles. The van der Waals surface area contributed by atoms with Crippen LogP contribution in [0, 0.1) is 6.92 Å². The Morgan fingerprint density at radius 2 is 2.11 bits per heavy atom. The molecule has 1 aromatic rings. The number of nitrogens with zero attached hydrogens (tertiary/aromatic N) is 2. The average molecular weight is 280 g/mol. The Balaban J connectivity index is 2.04. The topological polar surface area (TPSA) is 49.8 Å². The van der Waals surface area contributed by atoms with Crippen LogP contribution in [0.2, 0.25) is 0 Å². The summed E-state index contributed by atoms with van der Waals surface area (Å²) in [7, 11) is 0. The lowest BCUT2D eigenvalue weighted by Gasteiger charge is -2.29. The van der Waals surface area contributed by atoms with Gasteiger partial charge in [-0.1, -0.05) is 6.42 Å². The highest BCUT2D eigenvalue weighted by Crippen LogP contribution is 2.29. The van der Waals surface area contributed by atoms with Crippen molar-refractivity contribution in [3.05, 3.63) is 11.9 Å². The lowest BCUT2D eigenvalue weighted by Crippen LogP contribution is -2.29. The standard InChI is InChI=1S/C14H24N4S/c1-4-15-13-10(2)14(17-9-16-13)18-11-6-5-7-12(8-11)19-3/h9,11-12H,4-8H2,1-3H3,(H2,15,16,17,18). The fourth-order valence-corrected chi connectivity index (χ4v) is 3.45. The average Bonchev–Trinajstić information content (AvgIpc) is 2.44. The predicted molar refractivity (Wildman–Crippen MR) is 84.1 cm³/mol. The zero-order chi connectivity index (χ0) is 13.7. The number of thioether (sulfide) groups is 1. The smallest absolute Gasteiger partial charge is 0.134 e. The molecule has 2 rings (SSSR count). The molecule has 2 N–H and O–H groups in total. The Morgan fingerprint density at radius 3 is 2.84 bits per heavy atom. The molecule has 2 atom stereocenters. The van der Waals surface area contributed by atoms with Crippen LogP contribution in [0.15, 0.2) is 6.33 Å². The molecule has 1 saturated carbocycles. The Kier molecular flexibility index (Phi) is 5.31. The van der Waals surface area contributed by atoms with Crippen molar-refractivity contribution in [3.63, 3.8) is 0 Å². The molecule has 1 fully saturated rings. The second-order valence-corrected chi connectivity index (χ2v) is 6.23. The molecule has 0 aromatic carbocycles. The number of hydrogen-bond donors (Lipinski definition) is 2. The van der Waals surface area contributed by atoms with Crippen molar-refractivity contribution < 1.29 is 0 Å². The van der Waals surface area contributed by atoms with E-state index >= 15 is 0 Å². The van der Waals surface area contributed by atoms with E-state index in [9.17, 15) is 0 Å². The zero-order valence-electron chi connectivity index (χ0n) is 12.1. The third-order valence-corrected chi connectivity index (χ3v) is 4.82. The van der Waals surface area contributed by atoms with Crippen LogP contribution < -0.4 is 10.6 Å². The second kappa shape index (κ2) is 6.98. The molecule has 106 valence electrons. The van der Waals surface area contributed by atoms with Crippen molar-refractivity contribution in [2.45, 2.75) is 50.8 Å². The summed E-state index contributed by atoms with van der Waals surface area (Å²) in [6.45, 7) is 5.04. The van der Waals surface area contributed by atoms with Crippen molar-refractivity contribution in [1.29, 1.82) is 0 Å². The molecule has 1 aliphatic carbocycles. The van der Waals surface area contributed by atoms with Crippen molar-refractivity contribution in [3.8, 4) is 0 Å². The van der Waals surface area contributed by atoms with Gasteiger partial charge in [0, 0.05) is 23.4 Å². The van der Waals surface area contributed by atoms with E-state index in [0.717, 1.165) is 29.0 Å². The fraction of sp³-hybridized carbons (Fsp3) is 0.714. The van der Waals surface area contributed by atoms with Gasteiger partial charge in [0.1, 0.15) is 18.0 Å². The number of anilines is 2. The summed E-state index contributed by atoms with van der Waals surface area (Å²) in [4.78, 5) is 8.68. The van der Waals surface area contributed by atoms with Gasteiger partial charge in [0.05, 0.1) is 0 Å². The molecule has 0 saturated heterocycles. The molecular formula is C14H24N4S. The van der Waals surface area contributed by atoms with Gasteiger partial charge in [0.2, 0.25) is 0 Å². The quantitative estimate of drug-likeness (QED) is 0.866. The molecule has 0 bridgehead atoms. The Morgan fingerprint density at radius 1 is 1.32 bits per heavy atom. The molecule has 4 nitrogen and oxygen atoms in total. The van der Waals surface area contributed by atoms with E-state index < -0.39 is 0 Å². The zero-order valence-corrected chi connectivity index (χ0v) is 12.9. The molecule has 0 amide bonds. The fourth-order valence-electron chi connectivity index (χ4n) is 2.62. The van der Waals surface area contributed by atoms with Gasteiger partial charge in [-0.2, -0.15) is 11.8 Å². The van der Waals surface area contributed by atoms with E-state index in [1.165, 1.54) is 25.7 Å². The van der Waals surface area contributed by atoms with Gasteiger partial charge in [0.15, 0.2) is 0 Å². The van der Waals surface area contributed by atoms with Gasteiger partial charge in [-0.15, -0.1) is 0 Å². The SMILES string of the molecule is CCNc1ncnc(NC2CCCC(SC)C2)c1C. The van der Waals surface area contributed by atoms with Gasteiger partial charge < -0.3 is 10.6 Å². The molecule has 1 aromatic heterocycles. The maximum Gasteiger partial charge on any atom is 0.134 e. The minimum absolute atomic E-state index is 0.550. The highest BCUT2D eigenvalue weighted by atomic mass is 32.2. The first-order valence-corrected chi connectivity index (χ1v) is 8.38. The third kappa shape index (κ3) is 3.75. The van der Waals surface area contributed by atoms with Crippen molar-refractivity contribution in [2.75, 3.05) is 23.4 Å². The predicted octanol–water partition coefficient (Wildman–Crippen LogP) is 3.30. The summed E-state index contributed by atoms with van der Waals surface area (Å²) in [5.74, 6) is 1.93. The van der Waals surface area contributed by atoms with E-state index in [0.29, 0.717) is 6.04 Å². The Labute approximate surface area is 120 Å². The lowest BCUT2D eigenvalue weighted by molar-refractivity contribution is 0.472. The Hall–Kier alpha value is -0.970. The summed E-state index contributed by atoms with van der Waals surface area (Å²) in [6, 6.07) is 0.550. The molecule has 1 aliphatic rings. The van der Waals surface area contributed by atoms with Crippen LogP contribution in [0.4, 0.5) is 11.6 Å². The second-order valence-electron chi connectivity index (χ2n) is 5.09. The van der Waals surface area contributed by atoms with Gasteiger partial charge in [0.25, 0.3) is 0 Å². The van der Waals surface area contributed by atoms with Crippen molar-refractivity contribution in [1.82, 2.24) is 9.97 Å². The molecular weight excluding hydrogens is 256 g/mol. The maximum atomic E-state index is 4.40. The van der Waals surface area contributed by atoms with Gasteiger partial charge >= 0.3 is 0 Å². The molecule has 0 spiro atoms. The molecule has 2 unspecified atom stereocenters. The molecule has 0 radical (unpaired) electrons. The largest absolute Gasteiger partial charge is 0.370 e. The van der Waals surface area contributed by atoms with Crippen LogP contribution in [0.5, 0.6) is 0 Å². The van der Waals surface area contributed by atoms with Crippen LogP contribution >= 0.6 is 11.8 Å². The summed E-state index contributed by atoms with van der Waals surface area (Å²) in [5, 5.41) is 7.68. The first kappa shape index (κ1) is 14.4. The first-order valence-electron chi connectivity index (χ1n) is 7.09. The number of nitrogens with one attached hydrogen (secondary N) is 2.